The van der Waals surface area contributed by atoms with E-state index in [9.17, 15) is 4.79 Å². The van der Waals surface area contributed by atoms with Crippen LogP contribution in [0.3, 0.4) is 0 Å². The normalized spacial score (nSPS) is 9.94. The van der Waals surface area contributed by atoms with Gasteiger partial charge in [0.1, 0.15) is 5.75 Å². The highest BCUT2D eigenvalue weighted by atomic mass is 16.6. The second kappa shape index (κ2) is 7.54. The molecule has 0 aliphatic carbocycles. The van der Waals surface area contributed by atoms with Crippen LogP contribution in [0.1, 0.15) is 26.2 Å². The summed E-state index contributed by atoms with van der Waals surface area (Å²) in [6.45, 7) is 2.46. The largest absolute Gasteiger partial charge is 0.480 e. The Labute approximate surface area is 102 Å². The number of hydrogen-bond acceptors (Lipinski definition) is 4. The van der Waals surface area contributed by atoms with Gasteiger partial charge in [0, 0.05) is 0 Å². The minimum atomic E-state index is -0.357. The number of unbranched alkanes of at least 4 members (excludes halogenated alkanes) is 2. The number of ether oxygens (including phenoxy) is 2. The molecular formula is C13H19NO3. The van der Waals surface area contributed by atoms with Gasteiger partial charge in [-0.2, -0.15) is 0 Å². The molecule has 1 rings (SSSR count). The summed E-state index contributed by atoms with van der Waals surface area (Å²) in [5, 5.41) is 0. The molecule has 1 aromatic rings. The Morgan fingerprint density at radius 3 is 2.76 bits per heavy atom. The zero-order chi connectivity index (χ0) is 12.5. The number of anilines is 1. The van der Waals surface area contributed by atoms with Crippen molar-refractivity contribution in [2.75, 3.05) is 18.9 Å². The van der Waals surface area contributed by atoms with E-state index in [1.54, 1.807) is 18.2 Å². The highest BCUT2D eigenvalue weighted by Crippen LogP contribution is 2.19. The van der Waals surface area contributed by atoms with E-state index in [1.807, 2.05) is 6.07 Å². The standard InChI is InChI=1S/C13H19NO3/c1-2-3-6-9-16-13(15)10-17-12-8-5-4-7-11(12)14/h4-5,7-8H,2-3,6,9-10,14H2,1H3. The van der Waals surface area contributed by atoms with E-state index in [-0.39, 0.29) is 12.6 Å². The predicted octanol–water partition coefficient (Wildman–Crippen LogP) is 2.38. The maximum absolute atomic E-state index is 11.3. The Bertz CT molecular complexity index is 352. The zero-order valence-corrected chi connectivity index (χ0v) is 10.1. The Balaban J connectivity index is 2.22. The van der Waals surface area contributed by atoms with Crippen LogP contribution in [-0.2, 0) is 9.53 Å². The highest BCUT2D eigenvalue weighted by Gasteiger charge is 2.05. The smallest absolute Gasteiger partial charge is 0.344 e. The number of para-hydroxylation sites is 2. The predicted molar refractivity (Wildman–Crippen MR) is 66.8 cm³/mol. The maximum atomic E-state index is 11.3. The van der Waals surface area contributed by atoms with E-state index in [0.717, 1.165) is 19.3 Å². The van der Waals surface area contributed by atoms with Crippen LogP contribution < -0.4 is 10.5 Å². The van der Waals surface area contributed by atoms with Crippen molar-refractivity contribution in [3.8, 4) is 5.75 Å². The molecule has 0 saturated carbocycles. The third-order valence-corrected chi connectivity index (χ3v) is 2.28. The van der Waals surface area contributed by atoms with Gasteiger partial charge in [-0.15, -0.1) is 0 Å². The van der Waals surface area contributed by atoms with Gasteiger partial charge in [-0.1, -0.05) is 31.9 Å². The summed E-state index contributed by atoms with van der Waals surface area (Å²) in [6, 6.07) is 7.06. The van der Waals surface area contributed by atoms with E-state index in [0.29, 0.717) is 18.0 Å². The SMILES string of the molecule is CCCCCOC(=O)COc1ccccc1N. The molecule has 0 atom stereocenters. The van der Waals surface area contributed by atoms with Crippen LogP contribution >= 0.6 is 0 Å². The number of rotatable bonds is 7. The fraction of sp³-hybridized carbons (Fsp3) is 0.462. The summed E-state index contributed by atoms with van der Waals surface area (Å²) in [5.41, 5.74) is 6.19. The minimum absolute atomic E-state index is 0.0969. The molecule has 0 spiro atoms. The lowest BCUT2D eigenvalue weighted by Crippen LogP contribution is -2.16. The number of carbonyl (C=O) groups is 1. The van der Waals surface area contributed by atoms with Crippen LogP contribution in [-0.4, -0.2) is 19.2 Å². The lowest BCUT2D eigenvalue weighted by Gasteiger charge is -2.08. The van der Waals surface area contributed by atoms with Crippen LogP contribution in [0.5, 0.6) is 5.75 Å². The van der Waals surface area contributed by atoms with Gasteiger partial charge in [0.05, 0.1) is 12.3 Å². The van der Waals surface area contributed by atoms with E-state index in [4.69, 9.17) is 15.2 Å². The van der Waals surface area contributed by atoms with Crippen molar-refractivity contribution < 1.29 is 14.3 Å². The summed E-state index contributed by atoms with van der Waals surface area (Å²) >= 11 is 0. The quantitative estimate of drug-likeness (QED) is 0.449. The molecule has 0 radical (unpaired) electrons. The number of benzene rings is 1. The summed E-state index contributed by atoms with van der Waals surface area (Å²) < 4.78 is 10.3. The second-order valence-electron chi connectivity index (χ2n) is 3.75. The topological polar surface area (TPSA) is 61.5 Å². The molecule has 0 amide bonds. The number of nitrogens with two attached hydrogens (primary N) is 1. The molecule has 94 valence electrons. The number of esters is 1. The first-order valence-electron chi connectivity index (χ1n) is 5.87. The number of hydrogen-bond donors (Lipinski definition) is 1. The van der Waals surface area contributed by atoms with E-state index in [2.05, 4.69) is 6.92 Å². The van der Waals surface area contributed by atoms with Crippen LogP contribution in [0.4, 0.5) is 5.69 Å². The van der Waals surface area contributed by atoms with Gasteiger partial charge >= 0.3 is 5.97 Å². The zero-order valence-electron chi connectivity index (χ0n) is 10.1. The lowest BCUT2D eigenvalue weighted by atomic mass is 10.3. The van der Waals surface area contributed by atoms with Crippen molar-refractivity contribution in [2.24, 2.45) is 0 Å². The monoisotopic (exact) mass is 237 g/mol. The third kappa shape index (κ3) is 5.24. The second-order valence-corrected chi connectivity index (χ2v) is 3.75. The molecule has 0 fully saturated rings. The van der Waals surface area contributed by atoms with Crippen molar-refractivity contribution in [2.45, 2.75) is 26.2 Å². The number of nitrogen functional groups attached to an aromatic ring is 1. The molecule has 0 unspecified atom stereocenters. The molecule has 4 nitrogen and oxygen atoms in total. The molecule has 1 aromatic carbocycles. The summed E-state index contributed by atoms with van der Waals surface area (Å²) in [6.07, 6.45) is 3.07. The molecule has 0 bridgehead atoms. The average Bonchev–Trinajstić information content (AvgIpc) is 2.34. The van der Waals surface area contributed by atoms with Gasteiger partial charge in [-0.3, -0.25) is 0 Å². The first kappa shape index (κ1) is 13.4. The number of carbonyl (C=O) groups excluding carboxylic acids is 1. The maximum Gasteiger partial charge on any atom is 0.344 e. The molecule has 0 aliphatic rings. The summed E-state index contributed by atoms with van der Waals surface area (Å²) in [4.78, 5) is 11.3. The average molecular weight is 237 g/mol. The van der Waals surface area contributed by atoms with Crippen molar-refractivity contribution in [3.63, 3.8) is 0 Å². The molecular weight excluding hydrogens is 218 g/mol. The van der Waals surface area contributed by atoms with Crippen LogP contribution in [0.15, 0.2) is 24.3 Å². The first-order valence-corrected chi connectivity index (χ1v) is 5.87. The highest BCUT2D eigenvalue weighted by molar-refractivity contribution is 5.71. The van der Waals surface area contributed by atoms with Gasteiger partial charge in [0.15, 0.2) is 6.61 Å². The molecule has 0 heterocycles. The fourth-order valence-corrected chi connectivity index (χ4v) is 1.33. The Hall–Kier alpha value is -1.71. The third-order valence-electron chi connectivity index (χ3n) is 2.28. The Kier molecular flexibility index (Phi) is 5.93. The van der Waals surface area contributed by atoms with E-state index in [1.165, 1.54) is 0 Å². The Morgan fingerprint density at radius 2 is 2.06 bits per heavy atom. The van der Waals surface area contributed by atoms with Crippen molar-refractivity contribution in [3.05, 3.63) is 24.3 Å². The van der Waals surface area contributed by atoms with E-state index < -0.39 is 0 Å². The molecule has 2 N–H and O–H groups in total. The van der Waals surface area contributed by atoms with Gasteiger partial charge in [-0.05, 0) is 18.6 Å². The molecule has 0 saturated heterocycles. The van der Waals surface area contributed by atoms with Crippen molar-refractivity contribution in [1.82, 2.24) is 0 Å². The molecule has 0 aliphatic heterocycles. The van der Waals surface area contributed by atoms with Crippen LogP contribution in [0.2, 0.25) is 0 Å². The minimum Gasteiger partial charge on any atom is -0.480 e. The molecule has 0 aromatic heterocycles. The van der Waals surface area contributed by atoms with Crippen LogP contribution in [0.25, 0.3) is 0 Å². The van der Waals surface area contributed by atoms with E-state index >= 15 is 0 Å². The summed E-state index contributed by atoms with van der Waals surface area (Å²) in [5.74, 6) is 0.155. The van der Waals surface area contributed by atoms with Crippen molar-refractivity contribution in [1.29, 1.82) is 0 Å². The first-order chi connectivity index (χ1) is 8.24. The van der Waals surface area contributed by atoms with Gasteiger partial charge < -0.3 is 15.2 Å². The lowest BCUT2D eigenvalue weighted by molar-refractivity contribution is -0.146. The van der Waals surface area contributed by atoms with Gasteiger partial charge in [0.2, 0.25) is 0 Å². The van der Waals surface area contributed by atoms with Gasteiger partial charge in [0.25, 0.3) is 0 Å². The van der Waals surface area contributed by atoms with Gasteiger partial charge in [-0.25, -0.2) is 4.79 Å². The fourth-order valence-electron chi connectivity index (χ4n) is 1.33. The van der Waals surface area contributed by atoms with Crippen LogP contribution in [0, 0.1) is 0 Å². The summed E-state index contributed by atoms with van der Waals surface area (Å²) in [7, 11) is 0. The van der Waals surface area contributed by atoms with Crippen molar-refractivity contribution >= 4 is 11.7 Å². The Morgan fingerprint density at radius 1 is 1.29 bits per heavy atom. The molecule has 17 heavy (non-hydrogen) atoms. The molecule has 4 heteroatoms.